The molecular formula is C30H26N2O5S. The van der Waals surface area contributed by atoms with Crippen LogP contribution in [0.4, 0.5) is 5.13 Å². The molecule has 3 aromatic carbocycles. The summed E-state index contributed by atoms with van der Waals surface area (Å²) in [5.41, 5.74) is 3.87. The second kappa shape index (κ2) is 10.1. The van der Waals surface area contributed by atoms with E-state index in [9.17, 15) is 14.7 Å². The van der Waals surface area contributed by atoms with Crippen molar-refractivity contribution in [3.63, 3.8) is 0 Å². The minimum absolute atomic E-state index is 0.00733. The molecule has 1 atom stereocenters. The Morgan fingerprint density at radius 2 is 1.76 bits per heavy atom. The van der Waals surface area contributed by atoms with E-state index in [1.54, 1.807) is 61.7 Å². The molecule has 1 saturated heterocycles. The molecule has 7 nitrogen and oxygen atoms in total. The van der Waals surface area contributed by atoms with E-state index in [4.69, 9.17) is 14.5 Å². The first-order valence-electron chi connectivity index (χ1n) is 12.0. The minimum Gasteiger partial charge on any atom is -0.507 e. The summed E-state index contributed by atoms with van der Waals surface area (Å²) >= 11 is 1.34. The SMILES string of the molecule is C=CCOc1ccc(C2C(=C(O)c3ccc(OC)cc3)C(=O)C(=O)N2c2nc3c(C)cc(C)cc3s2)cc1. The molecule has 1 N–H and O–H groups in total. The lowest BCUT2D eigenvalue weighted by molar-refractivity contribution is -0.132. The first-order valence-corrected chi connectivity index (χ1v) is 12.8. The van der Waals surface area contributed by atoms with Gasteiger partial charge in [0.25, 0.3) is 5.78 Å². The first kappa shape index (κ1) is 25.2. The number of aryl methyl sites for hydroxylation is 2. The maximum Gasteiger partial charge on any atom is 0.301 e. The number of aliphatic hydroxyl groups is 1. The Morgan fingerprint density at radius 3 is 2.42 bits per heavy atom. The molecule has 2 heterocycles. The number of ether oxygens (including phenoxy) is 2. The van der Waals surface area contributed by atoms with Gasteiger partial charge in [-0.25, -0.2) is 4.98 Å². The van der Waals surface area contributed by atoms with Crippen molar-refractivity contribution in [3.05, 3.63) is 101 Å². The Kier molecular flexibility index (Phi) is 6.73. The fraction of sp³-hybridized carbons (Fsp3) is 0.167. The molecule has 0 spiro atoms. The summed E-state index contributed by atoms with van der Waals surface area (Å²) < 4.78 is 11.7. The smallest absolute Gasteiger partial charge is 0.301 e. The maximum absolute atomic E-state index is 13.5. The number of rotatable bonds is 7. The number of benzene rings is 3. The zero-order valence-corrected chi connectivity index (χ0v) is 22.0. The Labute approximate surface area is 224 Å². The third-order valence-electron chi connectivity index (χ3n) is 6.40. The van der Waals surface area contributed by atoms with Crippen LogP contribution in [-0.2, 0) is 9.59 Å². The fourth-order valence-corrected chi connectivity index (χ4v) is 5.78. The average Bonchev–Trinajstić information content (AvgIpc) is 3.46. The van der Waals surface area contributed by atoms with E-state index in [-0.39, 0.29) is 11.3 Å². The van der Waals surface area contributed by atoms with Crippen LogP contribution >= 0.6 is 11.3 Å². The summed E-state index contributed by atoms with van der Waals surface area (Å²) in [6.45, 7) is 7.98. The van der Waals surface area contributed by atoms with Crippen LogP contribution in [0, 0.1) is 13.8 Å². The van der Waals surface area contributed by atoms with Gasteiger partial charge in [-0.1, -0.05) is 42.2 Å². The summed E-state index contributed by atoms with van der Waals surface area (Å²) in [5.74, 6) is -0.563. The summed E-state index contributed by atoms with van der Waals surface area (Å²) in [7, 11) is 1.55. The van der Waals surface area contributed by atoms with Gasteiger partial charge in [0.1, 0.15) is 23.9 Å². The van der Waals surface area contributed by atoms with Crippen LogP contribution in [0.2, 0.25) is 0 Å². The second-order valence-electron chi connectivity index (χ2n) is 8.99. The molecule has 1 aliphatic heterocycles. The van der Waals surface area contributed by atoms with Gasteiger partial charge in [-0.15, -0.1) is 0 Å². The molecule has 0 bridgehead atoms. The highest BCUT2D eigenvalue weighted by molar-refractivity contribution is 7.22. The molecular weight excluding hydrogens is 500 g/mol. The Balaban J connectivity index is 1.68. The number of methoxy groups -OCH3 is 1. The van der Waals surface area contributed by atoms with E-state index in [1.165, 1.54) is 16.2 Å². The zero-order chi connectivity index (χ0) is 27.0. The van der Waals surface area contributed by atoms with Crippen molar-refractivity contribution in [2.75, 3.05) is 18.6 Å². The van der Waals surface area contributed by atoms with Gasteiger partial charge in [-0.05, 0) is 73.0 Å². The quantitative estimate of drug-likeness (QED) is 0.135. The summed E-state index contributed by atoms with van der Waals surface area (Å²) in [6.07, 6.45) is 1.65. The van der Waals surface area contributed by atoms with Crippen molar-refractivity contribution >= 4 is 44.1 Å². The highest BCUT2D eigenvalue weighted by atomic mass is 32.1. The van der Waals surface area contributed by atoms with Crippen LogP contribution in [0.15, 0.2) is 78.9 Å². The van der Waals surface area contributed by atoms with Crippen molar-refractivity contribution < 1.29 is 24.2 Å². The molecule has 1 aliphatic rings. The average molecular weight is 527 g/mol. The molecule has 1 unspecified atom stereocenters. The van der Waals surface area contributed by atoms with Crippen molar-refractivity contribution in [1.82, 2.24) is 4.98 Å². The number of fused-ring (bicyclic) bond motifs is 1. The molecule has 8 heteroatoms. The van der Waals surface area contributed by atoms with Crippen molar-refractivity contribution in [1.29, 1.82) is 0 Å². The molecule has 5 rings (SSSR count). The third-order valence-corrected chi connectivity index (χ3v) is 7.40. The number of anilines is 1. The van der Waals surface area contributed by atoms with E-state index in [1.807, 2.05) is 26.0 Å². The van der Waals surface area contributed by atoms with Gasteiger partial charge in [0.15, 0.2) is 5.13 Å². The van der Waals surface area contributed by atoms with Crippen LogP contribution in [0.25, 0.3) is 16.0 Å². The lowest BCUT2D eigenvalue weighted by atomic mass is 9.95. The first-order chi connectivity index (χ1) is 18.3. The van der Waals surface area contributed by atoms with E-state index in [0.717, 1.165) is 21.3 Å². The Morgan fingerprint density at radius 1 is 1.08 bits per heavy atom. The van der Waals surface area contributed by atoms with Gasteiger partial charge in [-0.3, -0.25) is 14.5 Å². The second-order valence-corrected chi connectivity index (χ2v) is 10.0. The van der Waals surface area contributed by atoms with Crippen LogP contribution in [0.1, 0.15) is 28.3 Å². The van der Waals surface area contributed by atoms with Crippen LogP contribution in [0.3, 0.4) is 0 Å². The number of thiazole rings is 1. The normalized spacial score (nSPS) is 16.7. The number of Topliss-reactive ketones (excluding diaryl/α,β-unsaturated/α-hetero) is 1. The predicted octanol–water partition coefficient (Wildman–Crippen LogP) is 6.11. The number of nitrogens with zero attached hydrogens (tertiary/aromatic N) is 2. The molecule has 0 radical (unpaired) electrons. The summed E-state index contributed by atoms with van der Waals surface area (Å²) in [6, 6.07) is 16.9. The van der Waals surface area contributed by atoms with Gasteiger partial charge in [0.2, 0.25) is 0 Å². The molecule has 0 aliphatic carbocycles. The van der Waals surface area contributed by atoms with E-state index in [0.29, 0.717) is 34.4 Å². The third kappa shape index (κ3) is 4.43. The van der Waals surface area contributed by atoms with Gasteiger partial charge < -0.3 is 14.6 Å². The topological polar surface area (TPSA) is 89.0 Å². The standard InChI is InChI=1S/C30H26N2O5S/c1-5-14-37-22-12-6-19(7-13-22)26-24(27(33)20-8-10-21(36-4)11-9-20)28(34)29(35)32(26)30-31-25-18(3)15-17(2)16-23(25)38-30/h5-13,15-16,26,33H,1,14H2,2-4H3. The number of carbonyl (C=O) groups excluding carboxylic acids is 2. The number of ketones is 1. The number of hydrogen-bond donors (Lipinski definition) is 1. The zero-order valence-electron chi connectivity index (χ0n) is 21.2. The maximum atomic E-state index is 13.5. The van der Waals surface area contributed by atoms with E-state index < -0.39 is 17.7 Å². The molecule has 4 aromatic rings. The predicted molar refractivity (Wildman–Crippen MR) is 149 cm³/mol. The van der Waals surface area contributed by atoms with Gasteiger partial charge in [0, 0.05) is 5.56 Å². The molecule has 192 valence electrons. The fourth-order valence-electron chi connectivity index (χ4n) is 4.61. The highest BCUT2D eigenvalue weighted by Gasteiger charge is 2.48. The number of aliphatic hydroxyl groups excluding tert-OH is 1. The Hall–Kier alpha value is -4.43. The highest BCUT2D eigenvalue weighted by Crippen LogP contribution is 2.45. The summed E-state index contributed by atoms with van der Waals surface area (Å²) in [5, 5.41) is 11.7. The van der Waals surface area contributed by atoms with Crippen LogP contribution in [0.5, 0.6) is 11.5 Å². The lowest BCUT2D eigenvalue weighted by Gasteiger charge is -2.23. The van der Waals surface area contributed by atoms with Crippen LogP contribution in [-0.4, -0.2) is 35.5 Å². The number of carbonyl (C=O) groups is 2. The monoisotopic (exact) mass is 526 g/mol. The molecule has 1 fully saturated rings. The van der Waals surface area contributed by atoms with Crippen molar-refractivity contribution in [2.45, 2.75) is 19.9 Å². The molecule has 38 heavy (non-hydrogen) atoms. The number of amides is 1. The van der Waals surface area contributed by atoms with Crippen molar-refractivity contribution in [2.24, 2.45) is 0 Å². The Bertz CT molecular complexity index is 1590. The van der Waals surface area contributed by atoms with Gasteiger partial charge >= 0.3 is 5.91 Å². The molecule has 0 saturated carbocycles. The van der Waals surface area contributed by atoms with Gasteiger partial charge in [-0.2, -0.15) is 0 Å². The summed E-state index contributed by atoms with van der Waals surface area (Å²) in [4.78, 5) is 33.1. The number of hydrogen-bond acceptors (Lipinski definition) is 7. The van der Waals surface area contributed by atoms with E-state index >= 15 is 0 Å². The lowest BCUT2D eigenvalue weighted by Crippen LogP contribution is -2.29. The van der Waals surface area contributed by atoms with E-state index in [2.05, 4.69) is 6.58 Å². The van der Waals surface area contributed by atoms with Crippen LogP contribution < -0.4 is 14.4 Å². The minimum atomic E-state index is -0.882. The largest absolute Gasteiger partial charge is 0.507 e. The van der Waals surface area contributed by atoms with Gasteiger partial charge in [0.05, 0.1) is 28.9 Å². The number of aromatic nitrogens is 1. The van der Waals surface area contributed by atoms with Crippen molar-refractivity contribution in [3.8, 4) is 11.5 Å². The molecule has 1 amide bonds. The molecule has 1 aromatic heterocycles.